The van der Waals surface area contributed by atoms with E-state index in [1.165, 1.54) is 22.4 Å². The summed E-state index contributed by atoms with van der Waals surface area (Å²) < 4.78 is 5.43. The SMILES string of the molecule is COc1ccc(C(c2nc3ccc(Cc4ccccc4)cc3[nH]2)N2CCN(c3ccccc3)CC2)cc1. The molecule has 1 saturated heterocycles. The molecule has 2 heterocycles. The number of anilines is 1. The van der Waals surface area contributed by atoms with Crippen molar-refractivity contribution in [2.75, 3.05) is 38.2 Å². The van der Waals surface area contributed by atoms with Crippen molar-refractivity contribution in [2.24, 2.45) is 0 Å². The van der Waals surface area contributed by atoms with E-state index in [0.717, 1.165) is 55.2 Å². The molecular formula is C32H32N4O. The minimum atomic E-state index is 0.0498. The number of fused-ring (bicyclic) bond motifs is 1. The van der Waals surface area contributed by atoms with E-state index in [9.17, 15) is 0 Å². The molecule has 1 aromatic heterocycles. The molecule has 0 saturated carbocycles. The largest absolute Gasteiger partial charge is 0.497 e. The van der Waals surface area contributed by atoms with Crippen LogP contribution in [0.3, 0.4) is 0 Å². The van der Waals surface area contributed by atoms with Gasteiger partial charge in [-0.3, -0.25) is 4.90 Å². The highest BCUT2D eigenvalue weighted by Crippen LogP contribution is 2.31. The molecule has 186 valence electrons. The second-order valence-electron chi connectivity index (χ2n) is 9.67. The number of aromatic amines is 1. The van der Waals surface area contributed by atoms with Gasteiger partial charge in [-0.25, -0.2) is 4.98 Å². The molecule has 1 atom stereocenters. The number of nitrogens with one attached hydrogen (secondary N) is 1. The summed E-state index contributed by atoms with van der Waals surface area (Å²) in [6, 6.07) is 36.4. The average Bonchev–Trinajstić information content (AvgIpc) is 3.38. The summed E-state index contributed by atoms with van der Waals surface area (Å²) in [4.78, 5) is 13.8. The van der Waals surface area contributed by atoms with Crippen molar-refractivity contribution in [1.82, 2.24) is 14.9 Å². The fraction of sp³-hybridized carbons (Fsp3) is 0.219. The van der Waals surface area contributed by atoms with Crippen LogP contribution in [0.4, 0.5) is 5.69 Å². The van der Waals surface area contributed by atoms with E-state index in [1.807, 2.05) is 12.1 Å². The van der Waals surface area contributed by atoms with Crippen molar-refractivity contribution in [1.29, 1.82) is 0 Å². The van der Waals surface area contributed by atoms with E-state index < -0.39 is 0 Å². The Morgan fingerprint density at radius 3 is 2.19 bits per heavy atom. The van der Waals surface area contributed by atoms with Crippen LogP contribution < -0.4 is 9.64 Å². The van der Waals surface area contributed by atoms with Gasteiger partial charge in [-0.15, -0.1) is 0 Å². The Bertz CT molecular complexity index is 1440. The Labute approximate surface area is 218 Å². The average molecular weight is 489 g/mol. The third-order valence-electron chi connectivity index (χ3n) is 7.31. The maximum Gasteiger partial charge on any atom is 0.129 e. The van der Waals surface area contributed by atoms with E-state index in [4.69, 9.17) is 9.72 Å². The highest BCUT2D eigenvalue weighted by molar-refractivity contribution is 5.76. The Kier molecular flexibility index (Phi) is 6.61. The predicted octanol–water partition coefficient (Wildman–Crippen LogP) is 6.07. The van der Waals surface area contributed by atoms with Crippen LogP contribution in [0.5, 0.6) is 5.75 Å². The maximum atomic E-state index is 5.43. The van der Waals surface area contributed by atoms with Gasteiger partial charge in [0.15, 0.2) is 0 Å². The molecule has 1 N–H and O–H groups in total. The number of para-hydroxylation sites is 1. The van der Waals surface area contributed by atoms with Crippen LogP contribution in [0.25, 0.3) is 11.0 Å². The van der Waals surface area contributed by atoms with Gasteiger partial charge in [0.2, 0.25) is 0 Å². The number of rotatable bonds is 7. The molecular weight excluding hydrogens is 456 g/mol. The Morgan fingerprint density at radius 2 is 1.49 bits per heavy atom. The smallest absolute Gasteiger partial charge is 0.129 e. The van der Waals surface area contributed by atoms with E-state index >= 15 is 0 Å². The lowest BCUT2D eigenvalue weighted by atomic mass is 10.0. The fourth-order valence-corrected chi connectivity index (χ4v) is 5.35. The lowest BCUT2D eigenvalue weighted by Gasteiger charge is -2.39. The van der Waals surface area contributed by atoms with E-state index in [2.05, 4.69) is 106 Å². The summed E-state index contributed by atoms with van der Waals surface area (Å²) in [5.74, 6) is 1.86. The molecule has 0 spiro atoms. The molecule has 0 amide bonds. The minimum Gasteiger partial charge on any atom is -0.497 e. The molecule has 0 radical (unpaired) electrons. The van der Waals surface area contributed by atoms with Gasteiger partial charge in [0.1, 0.15) is 11.6 Å². The first-order valence-electron chi connectivity index (χ1n) is 13.0. The molecule has 1 aliphatic heterocycles. The number of nitrogens with zero attached hydrogens (tertiary/aromatic N) is 3. The molecule has 0 aliphatic carbocycles. The molecule has 37 heavy (non-hydrogen) atoms. The van der Waals surface area contributed by atoms with Crippen LogP contribution in [-0.4, -0.2) is 48.2 Å². The van der Waals surface area contributed by atoms with Crippen molar-refractivity contribution < 1.29 is 4.74 Å². The molecule has 5 aromatic rings. The van der Waals surface area contributed by atoms with Crippen LogP contribution in [0.15, 0.2) is 103 Å². The first-order chi connectivity index (χ1) is 18.3. The monoisotopic (exact) mass is 488 g/mol. The van der Waals surface area contributed by atoms with Gasteiger partial charge in [-0.05, 0) is 59.5 Å². The highest BCUT2D eigenvalue weighted by Gasteiger charge is 2.29. The summed E-state index contributed by atoms with van der Waals surface area (Å²) in [6.07, 6.45) is 0.911. The number of hydrogen-bond donors (Lipinski definition) is 1. The number of ether oxygens (including phenoxy) is 1. The van der Waals surface area contributed by atoms with Gasteiger partial charge in [-0.2, -0.15) is 0 Å². The summed E-state index contributed by atoms with van der Waals surface area (Å²) in [5, 5.41) is 0. The summed E-state index contributed by atoms with van der Waals surface area (Å²) in [5.41, 5.74) is 7.20. The van der Waals surface area contributed by atoms with Crippen LogP contribution in [0.2, 0.25) is 0 Å². The third-order valence-corrected chi connectivity index (χ3v) is 7.31. The van der Waals surface area contributed by atoms with Crippen molar-refractivity contribution >= 4 is 16.7 Å². The normalized spacial score (nSPS) is 15.1. The van der Waals surface area contributed by atoms with E-state index in [1.54, 1.807) is 7.11 Å². The Balaban J connectivity index is 1.30. The van der Waals surface area contributed by atoms with Crippen LogP contribution in [0.1, 0.15) is 28.6 Å². The number of methoxy groups -OCH3 is 1. The zero-order chi connectivity index (χ0) is 25.0. The number of H-pyrrole nitrogens is 1. The topological polar surface area (TPSA) is 44.4 Å². The first-order valence-corrected chi connectivity index (χ1v) is 13.0. The minimum absolute atomic E-state index is 0.0498. The van der Waals surface area contributed by atoms with Gasteiger partial charge in [0.05, 0.1) is 24.2 Å². The van der Waals surface area contributed by atoms with E-state index in [-0.39, 0.29) is 6.04 Å². The molecule has 6 rings (SSSR count). The second-order valence-corrected chi connectivity index (χ2v) is 9.67. The predicted molar refractivity (Wildman–Crippen MR) is 150 cm³/mol. The van der Waals surface area contributed by atoms with Gasteiger partial charge in [0, 0.05) is 31.9 Å². The van der Waals surface area contributed by atoms with Crippen LogP contribution in [0, 0.1) is 0 Å². The van der Waals surface area contributed by atoms with Crippen molar-refractivity contribution in [3.63, 3.8) is 0 Å². The third kappa shape index (κ3) is 5.09. The lowest BCUT2D eigenvalue weighted by Crippen LogP contribution is -2.48. The molecule has 1 fully saturated rings. The summed E-state index contributed by atoms with van der Waals surface area (Å²) >= 11 is 0. The number of hydrogen-bond acceptors (Lipinski definition) is 4. The quantitative estimate of drug-likeness (QED) is 0.302. The van der Waals surface area contributed by atoms with Crippen molar-refractivity contribution in [2.45, 2.75) is 12.5 Å². The zero-order valence-corrected chi connectivity index (χ0v) is 21.2. The molecule has 5 nitrogen and oxygen atoms in total. The first kappa shape index (κ1) is 23.3. The highest BCUT2D eigenvalue weighted by atomic mass is 16.5. The van der Waals surface area contributed by atoms with Crippen molar-refractivity contribution in [3.05, 3.63) is 126 Å². The fourth-order valence-electron chi connectivity index (χ4n) is 5.35. The van der Waals surface area contributed by atoms with Crippen molar-refractivity contribution in [3.8, 4) is 5.75 Å². The van der Waals surface area contributed by atoms with Crippen LogP contribution >= 0.6 is 0 Å². The van der Waals surface area contributed by atoms with Gasteiger partial charge in [-0.1, -0.05) is 66.7 Å². The molecule has 1 unspecified atom stereocenters. The van der Waals surface area contributed by atoms with Crippen LogP contribution in [-0.2, 0) is 6.42 Å². The molecule has 0 bridgehead atoms. The number of imidazole rings is 1. The number of aromatic nitrogens is 2. The zero-order valence-electron chi connectivity index (χ0n) is 21.2. The standard InChI is InChI=1S/C32H32N4O/c1-37-28-15-13-26(14-16-28)31(36-20-18-35(19-21-36)27-10-6-3-7-11-27)32-33-29-17-12-25(23-30(29)34-32)22-24-8-4-2-5-9-24/h2-17,23,31H,18-22H2,1H3,(H,33,34). The Morgan fingerprint density at radius 1 is 0.784 bits per heavy atom. The van der Waals surface area contributed by atoms with Gasteiger partial charge >= 0.3 is 0 Å². The molecule has 1 aliphatic rings. The van der Waals surface area contributed by atoms with E-state index in [0.29, 0.717) is 0 Å². The molecule has 4 aromatic carbocycles. The maximum absolute atomic E-state index is 5.43. The Hall–Kier alpha value is -4.09. The number of benzene rings is 4. The summed E-state index contributed by atoms with van der Waals surface area (Å²) in [6.45, 7) is 3.89. The second kappa shape index (κ2) is 10.5. The van der Waals surface area contributed by atoms with Gasteiger partial charge < -0.3 is 14.6 Å². The number of piperazine rings is 1. The summed E-state index contributed by atoms with van der Waals surface area (Å²) in [7, 11) is 1.71. The molecule has 5 heteroatoms. The van der Waals surface area contributed by atoms with Gasteiger partial charge in [0.25, 0.3) is 0 Å². The lowest BCUT2D eigenvalue weighted by molar-refractivity contribution is 0.206.